The molecule has 1 heterocycles. The van der Waals surface area contributed by atoms with Gasteiger partial charge in [-0.25, -0.2) is 9.18 Å². The van der Waals surface area contributed by atoms with Crippen molar-refractivity contribution < 1.29 is 14.3 Å². The minimum Gasteiger partial charge on any atom is -0.478 e. The molecule has 2 bridgehead atoms. The van der Waals surface area contributed by atoms with Crippen LogP contribution in [0.1, 0.15) is 52.7 Å². The van der Waals surface area contributed by atoms with Crippen LogP contribution in [0.3, 0.4) is 0 Å². The molecule has 5 rings (SSSR count). The first-order valence-electron chi connectivity index (χ1n) is 9.01. The number of carboxylic acids is 1. The van der Waals surface area contributed by atoms with Crippen molar-refractivity contribution in [1.29, 1.82) is 0 Å². The lowest BCUT2D eigenvalue weighted by Crippen LogP contribution is -2.36. The summed E-state index contributed by atoms with van der Waals surface area (Å²) < 4.78 is 14.5. The fraction of sp³-hybridized carbons (Fsp3) is 0.381. The first-order valence-corrected chi connectivity index (χ1v) is 9.01. The van der Waals surface area contributed by atoms with Crippen LogP contribution in [0, 0.1) is 23.6 Å². The van der Waals surface area contributed by atoms with Gasteiger partial charge in [-0.2, -0.15) is 0 Å². The van der Waals surface area contributed by atoms with E-state index in [1.54, 1.807) is 12.1 Å². The van der Waals surface area contributed by atoms with Crippen LogP contribution in [-0.4, -0.2) is 11.1 Å². The third kappa shape index (κ3) is 2.13. The van der Waals surface area contributed by atoms with Crippen LogP contribution < -0.4 is 5.32 Å². The number of benzene rings is 2. The van der Waals surface area contributed by atoms with Crippen molar-refractivity contribution in [2.45, 2.75) is 31.2 Å². The van der Waals surface area contributed by atoms with E-state index in [2.05, 4.69) is 5.32 Å². The minimum atomic E-state index is -0.890. The van der Waals surface area contributed by atoms with Gasteiger partial charge in [-0.15, -0.1) is 0 Å². The molecule has 0 spiro atoms. The number of hydrogen-bond donors (Lipinski definition) is 2. The highest BCUT2D eigenvalue weighted by Gasteiger charge is 2.54. The van der Waals surface area contributed by atoms with E-state index < -0.39 is 5.97 Å². The molecule has 2 N–H and O–H groups in total. The second-order valence-corrected chi connectivity index (χ2v) is 7.69. The Labute approximate surface area is 145 Å². The number of anilines is 1. The van der Waals surface area contributed by atoms with E-state index in [1.165, 1.54) is 25.3 Å². The van der Waals surface area contributed by atoms with E-state index in [9.17, 15) is 14.3 Å². The van der Waals surface area contributed by atoms with Gasteiger partial charge in [0.05, 0.1) is 11.6 Å². The first kappa shape index (κ1) is 14.9. The summed E-state index contributed by atoms with van der Waals surface area (Å²) in [6, 6.07) is 12.3. The molecular formula is C21H20FNO2. The van der Waals surface area contributed by atoms with Gasteiger partial charge in [0, 0.05) is 11.3 Å². The predicted molar refractivity (Wildman–Crippen MR) is 93.2 cm³/mol. The summed E-state index contributed by atoms with van der Waals surface area (Å²) in [7, 11) is 0. The van der Waals surface area contributed by atoms with Crippen molar-refractivity contribution in [3.63, 3.8) is 0 Å². The lowest BCUT2D eigenvalue weighted by molar-refractivity contribution is 0.0696. The fourth-order valence-electron chi connectivity index (χ4n) is 5.66. The Balaban J connectivity index is 1.65. The molecule has 0 unspecified atom stereocenters. The summed E-state index contributed by atoms with van der Waals surface area (Å²) in [6.45, 7) is 0. The summed E-state index contributed by atoms with van der Waals surface area (Å²) in [4.78, 5) is 11.4. The largest absolute Gasteiger partial charge is 0.478 e. The number of nitrogens with one attached hydrogen (secondary N) is 1. The van der Waals surface area contributed by atoms with Crippen LogP contribution in [-0.2, 0) is 0 Å². The SMILES string of the molecule is O=C(O)c1ccc2c(c1)[C@@H]1[C@H]3CC[C@@H](C3)[C@@H]1[C@H](c1ccccc1F)N2. The van der Waals surface area contributed by atoms with Crippen molar-refractivity contribution in [3.8, 4) is 0 Å². The molecule has 3 aliphatic rings. The Morgan fingerprint density at radius 1 is 1.08 bits per heavy atom. The average molecular weight is 337 g/mol. The number of hydrogen-bond acceptors (Lipinski definition) is 2. The van der Waals surface area contributed by atoms with Gasteiger partial charge in [-0.05, 0) is 72.8 Å². The molecule has 1 aliphatic heterocycles. The van der Waals surface area contributed by atoms with Crippen LogP contribution in [0.4, 0.5) is 10.1 Å². The van der Waals surface area contributed by atoms with Gasteiger partial charge in [0.25, 0.3) is 0 Å². The van der Waals surface area contributed by atoms with Crippen molar-refractivity contribution in [2.75, 3.05) is 5.32 Å². The number of rotatable bonds is 2. The quantitative estimate of drug-likeness (QED) is 0.826. The topological polar surface area (TPSA) is 49.3 Å². The molecule has 2 aromatic carbocycles. The Morgan fingerprint density at radius 3 is 2.68 bits per heavy atom. The Hall–Kier alpha value is -2.36. The molecule has 0 aromatic heterocycles. The molecule has 2 saturated carbocycles. The molecule has 128 valence electrons. The van der Waals surface area contributed by atoms with E-state index >= 15 is 0 Å². The molecule has 4 heteroatoms. The molecular weight excluding hydrogens is 317 g/mol. The molecule has 0 saturated heterocycles. The number of aromatic carboxylic acids is 1. The highest BCUT2D eigenvalue weighted by atomic mass is 19.1. The van der Waals surface area contributed by atoms with E-state index in [1.807, 2.05) is 24.3 Å². The van der Waals surface area contributed by atoms with E-state index in [4.69, 9.17) is 0 Å². The smallest absolute Gasteiger partial charge is 0.335 e. The van der Waals surface area contributed by atoms with Gasteiger partial charge in [-0.3, -0.25) is 0 Å². The van der Waals surface area contributed by atoms with E-state index in [0.717, 1.165) is 16.8 Å². The second-order valence-electron chi connectivity index (χ2n) is 7.69. The monoisotopic (exact) mass is 337 g/mol. The zero-order valence-corrected chi connectivity index (χ0v) is 13.8. The zero-order valence-electron chi connectivity index (χ0n) is 13.8. The summed E-state index contributed by atoms with van der Waals surface area (Å²) in [5.74, 6) is 0.805. The number of halogens is 1. The maximum absolute atomic E-state index is 14.5. The highest BCUT2D eigenvalue weighted by molar-refractivity contribution is 5.88. The average Bonchev–Trinajstić information content (AvgIpc) is 3.23. The fourth-order valence-corrected chi connectivity index (χ4v) is 5.66. The van der Waals surface area contributed by atoms with Crippen molar-refractivity contribution in [1.82, 2.24) is 0 Å². The third-order valence-electron chi connectivity index (χ3n) is 6.57. The summed E-state index contributed by atoms with van der Waals surface area (Å²) in [5, 5.41) is 12.9. The summed E-state index contributed by atoms with van der Waals surface area (Å²) in [6.07, 6.45) is 3.58. The highest BCUT2D eigenvalue weighted by Crippen LogP contribution is 2.63. The normalized spacial score (nSPS) is 32.0. The van der Waals surface area contributed by atoms with Gasteiger partial charge < -0.3 is 10.4 Å². The molecule has 2 fully saturated rings. The van der Waals surface area contributed by atoms with E-state index in [-0.39, 0.29) is 11.9 Å². The third-order valence-corrected chi connectivity index (χ3v) is 6.57. The molecule has 0 amide bonds. The molecule has 2 aromatic rings. The van der Waals surface area contributed by atoms with Crippen LogP contribution in [0.5, 0.6) is 0 Å². The number of carbonyl (C=O) groups is 1. The van der Waals surface area contributed by atoms with Gasteiger partial charge in [0.2, 0.25) is 0 Å². The Kier molecular flexibility index (Phi) is 3.18. The number of carboxylic acid groups (broad SMARTS) is 1. The first-order chi connectivity index (χ1) is 12.1. The molecule has 3 nitrogen and oxygen atoms in total. The maximum atomic E-state index is 14.5. The summed E-state index contributed by atoms with van der Waals surface area (Å²) in [5.41, 5.74) is 3.15. The Morgan fingerprint density at radius 2 is 1.88 bits per heavy atom. The van der Waals surface area contributed by atoms with Crippen LogP contribution in [0.25, 0.3) is 0 Å². The Bertz CT molecular complexity index is 865. The lowest BCUT2D eigenvalue weighted by Gasteiger charge is -2.43. The van der Waals surface area contributed by atoms with Gasteiger partial charge in [-0.1, -0.05) is 18.2 Å². The number of fused-ring (bicyclic) bond motifs is 7. The second kappa shape index (κ2) is 5.32. The standard InChI is InChI=1S/C21H20FNO2/c22-16-4-2-1-3-14(16)20-19-12-6-5-11(9-12)18(19)15-10-13(21(24)25)7-8-17(15)23-20/h1-4,7-8,10-12,18-20,23H,5-6,9H2,(H,24,25)/t11-,12-,18-,19-,20-/m0/s1. The molecule has 5 atom stereocenters. The summed E-state index contributed by atoms with van der Waals surface area (Å²) >= 11 is 0. The lowest BCUT2D eigenvalue weighted by atomic mass is 9.68. The van der Waals surface area contributed by atoms with E-state index in [0.29, 0.717) is 29.2 Å². The predicted octanol–water partition coefficient (Wildman–Crippen LogP) is 4.82. The van der Waals surface area contributed by atoms with Crippen LogP contribution in [0.2, 0.25) is 0 Å². The minimum absolute atomic E-state index is 0.0373. The molecule has 2 aliphatic carbocycles. The van der Waals surface area contributed by atoms with Gasteiger partial charge >= 0.3 is 5.97 Å². The van der Waals surface area contributed by atoms with Crippen LogP contribution in [0.15, 0.2) is 42.5 Å². The van der Waals surface area contributed by atoms with Gasteiger partial charge in [0.1, 0.15) is 5.82 Å². The van der Waals surface area contributed by atoms with Crippen LogP contribution >= 0.6 is 0 Å². The van der Waals surface area contributed by atoms with Crippen molar-refractivity contribution in [3.05, 3.63) is 65.0 Å². The molecule has 0 radical (unpaired) electrons. The maximum Gasteiger partial charge on any atom is 0.335 e. The zero-order chi connectivity index (χ0) is 17.1. The molecule has 25 heavy (non-hydrogen) atoms. The van der Waals surface area contributed by atoms with Crippen molar-refractivity contribution >= 4 is 11.7 Å². The van der Waals surface area contributed by atoms with Crippen molar-refractivity contribution in [2.24, 2.45) is 17.8 Å². The van der Waals surface area contributed by atoms with Gasteiger partial charge in [0.15, 0.2) is 0 Å².